The molecule has 0 bridgehead atoms. The molecule has 0 radical (unpaired) electrons. The smallest absolute Gasteiger partial charge is 0.248 e. The molecule has 1 fully saturated rings. The van der Waals surface area contributed by atoms with Gasteiger partial charge in [0.2, 0.25) is 5.91 Å². The number of rotatable bonds is 7. The third kappa shape index (κ3) is 5.19. The van der Waals surface area contributed by atoms with Crippen LogP contribution in [0, 0.1) is 5.41 Å². The summed E-state index contributed by atoms with van der Waals surface area (Å²) < 4.78 is 5.45. The van der Waals surface area contributed by atoms with Gasteiger partial charge in [0.25, 0.3) is 0 Å². The zero-order chi connectivity index (χ0) is 16.5. The third-order valence-electron chi connectivity index (χ3n) is 4.81. The third-order valence-corrected chi connectivity index (χ3v) is 4.81. The van der Waals surface area contributed by atoms with E-state index in [1.165, 1.54) is 0 Å². The molecule has 1 N–H and O–H groups in total. The summed E-state index contributed by atoms with van der Waals surface area (Å²) in [5.41, 5.74) is 1.13. The van der Waals surface area contributed by atoms with E-state index in [0.29, 0.717) is 6.61 Å². The van der Waals surface area contributed by atoms with E-state index in [2.05, 4.69) is 6.92 Å². The highest BCUT2D eigenvalue weighted by Crippen LogP contribution is 2.34. The van der Waals surface area contributed by atoms with E-state index in [9.17, 15) is 9.90 Å². The number of nitrogens with zero attached hydrogens (tertiary/aromatic N) is 1. The molecule has 0 atom stereocenters. The van der Waals surface area contributed by atoms with Crippen molar-refractivity contribution >= 4 is 12.0 Å². The van der Waals surface area contributed by atoms with Crippen LogP contribution in [0.2, 0.25) is 0 Å². The Balaban J connectivity index is 1.67. The minimum absolute atomic E-state index is 0.00998. The zero-order valence-electron chi connectivity index (χ0n) is 13.9. The summed E-state index contributed by atoms with van der Waals surface area (Å²) in [6, 6.07) is 10.0. The molecule has 0 spiro atoms. The van der Waals surface area contributed by atoms with E-state index in [4.69, 9.17) is 4.74 Å². The van der Waals surface area contributed by atoms with Gasteiger partial charge in [-0.05, 0) is 30.2 Å². The van der Waals surface area contributed by atoms with Gasteiger partial charge < -0.3 is 14.7 Å². The van der Waals surface area contributed by atoms with Gasteiger partial charge in [-0.15, -0.1) is 0 Å². The van der Waals surface area contributed by atoms with Crippen molar-refractivity contribution < 1.29 is 14.6 Å². The monoisotopic (exact) mass is 317 g/mol. The minimum atomic E-state index is 0.00998. The van der Waals surface area contributed by atoms with Crippen molar-refractivity contribution in [2.45, 2.75) is 26.2 Å². The van der Waals surface area contributed by atoms with Crippen LogP contribution in [0.4, 0.5) is 0 Å². The van der Waals surface area contributed by atoms with Crippen LogP contribution in [0.3, 0.4) is 0 Å². The first-order valence-electron chi connectivity index (χ1n) is 8.37. The van der Waals surface area contributed by atoms with E-state index < -0.39 is 0 Å². The number of piperidine rings is 1. The van der Waals surface area contributed by atoms with Gasteiger partial charge in [0.15, 0.2) is 0 Å². The van der Waals surface area contributed by atoms with Crippen LogP contribution in [0.5, 0.6) is 0 Å². The van der Waals surface area contributed by atoms with Crippen LogP contribution in [-0.2, 0) is 9.53 Å². The lowest BCUT2D eigenvalue weighted by Crippen LogP contribution is -2.45. The lowest BCUT2D eigenvalue weighted by Gasteiger charge is -2.40. The lowest BCUT2D eigenvalue weighted by atomic mass is 9.77. The second-order valence-electron chi connectivity index (χ2n) is 6.22. The van der Waals surface area contributed by atoms with Crippen LogP contribution in [0.25, 0.3) is 6.08 Å². The maximum absolute atomic E-state index is 12.1. The molecule has 1 aliphatic heterocycles. The maximum atomic E-state index is 12.1. The SMILES string of the molecule is CCC1(CO)CCN(C(=O)COC/C=C/c2ccccc2)CC1. The minimum Gasteiger partial charge on any atom is -0.396 e. The van der Waals surface area contributed by atoms with Gasteiger partial charge in [-0.2, -0.15) is 0 Å². The summed E-state index contributed by atoms with van der Waals surface area (Å²) in [5.74, 6) is 0.0424. The van der Waals surface area contributed by atoms with Crippen LogP contribution >= 0.6 is 0 Å². The second-order valence-corrected chi connectivity index (χ2v) is 6.22. The topological polar surface area (TPSA) is 49.8 Å². The van der Waals surface area contributed by atoms with E-state index in [-0.39, 0.29) is 24.5 Å². The van der Waals surface area contributed by atoms with Crippen molar-refractivity contribution in [3.05, 3.63) is 42.0 Å². The molecule has 1 aromatic carbocycles. The van der Waals surface area contributed by atoms with Crippen LogP contribution in [-0.4, -0.2) is 48.8 Å². The van der Waals surface area contributed by atoms with Gasteiger partial charge in [0.05, 0.1) is 6.61 Å². The fourth-order valence-corrected chi connectivity index (χ4v) is 2.91. The molecule has 1 aliphatic rings. The highest BCUT2D eigenvalue weighted by atomic mass is 16.5. The Bertz CT molecular complexity index is 499. The van der Waals surface area contributed by atoms with Crippen molar-refractivity contribution in [3.63, 3.8) is 0 Å². The zero-order valence-corrected chi connectivity index (χ0v) is 13.9. The summed E-state index contributed by atoms with van der Waals surface area (Å²) in [6.45, 7) is 4.32. The number of aliphatic hydroxyl groups excluding tert-OH is 1. The van der Waals surface area contributed by atoms with Gasteiger partial charge in [-0.3, -0.25) is 4.79 Å². The summed E-state index contributed by atoms with van der Waals surface area (Å²) in [7, 11) is 0. The molecule has 0 aliphatic carbocycles. The van der Waals surface area contributed by atoms with Gasteiger partial charge in [0.1, 0.15) is 6.61 Å². The van der Waals surface area contributed by atoms with Crippen LogP contribution in [0.15, 0.2) is 36.4 Å². The van der Waals surface area contributed by atoms with Crippen molar-refractivity contribution in [2.24, 2.45) is 5.41 Å². The summed E-state index contributed by atoms with van der Waals surface area (Å²) in [5, 5.41) is 9.53. The molecule has 0 saturated carbocycles. The van der Waals surface area contributed by atoms with Gasteiger partial charge in [0, 0.05) is 19.7 Å². The Morgan fingerprint density at radius 1 is 1.30 bits per heavy atom. The normalized spacial score (nSPS) is 17.6. The highest BCUT2D eigenvalue weighted by Gasteiger charge is 2.33. The Morgan fingerprint density at radius 2 is 2.00 bits per heavy atom. The average Bonchev–Trinajstić information content (AvgIpc) is 2.62. The van der Waals surface area contributed by atoms with Gasteiger partial charge in [-0.1, -0.05) is 49.4 Å². The average molecular weight is 317 g/mol. The molecule has 23 heavy (non-hydrogen) atoms. The Kier molecular flexibility index (Phi) is 6.81. The summed E-state index contributed by atoms with van der Waals surface area (Å²) in [4.78, 5) is 14.0. The first-order valence-corrected chi connectivity index (χ1v) is 8.37. The number of benzene rings is 1. The van der Waals surface area contributed by atoms with E-state index in [1.54, 1.807) is 0 Å². The molecule has 1 amide bonds. The highest BCUT2D eigenvalue weighted by molar-refractivity contribution is 5.77. The Hall–Kier alpha value is -1.65. The Morgan fingerprint density at radius 3 is 2.61 bits per heavy atom. The standard InChI is InChI=1S/C19H27NO3/c1-2-19(16-21)10-12-20(13-11-19)18(22)15-23-14-6-9-17-7-4-3-5-8-17/h3-9,21H,2,10-16H2,1H3/b9-6+. The molecule has 1 saturated heterocycles. The summed E-state index contributed by atoms with van der Waals surface area (Å²) in [6.07, 6.45) is 6.63. The number of likely N-dealkylation sites (tertiary alicyclic amines) is 1. The number of ether oxygens (including phenoxy) is 1. The summed E-state index contributed by atoms with van der Waals surface area (Å²) >= 11 is 0. The van der Waals surface area contributed by atoms with E-state index in [1.807, 2.05) is 47.4 Å². The maximum Gasteiger partial charge on any atom is 0.248 e. The molecule has 1 heterocycles. The molecule has 0 aromatic heterocycles. The Labute approximate surface area is 138 Å². The van der Waals surface area contributed by atoms with Gasteiger partial charge in [-0.25, -0.2) is 0 Å². The molecular weight excluding hydrogens is 290 g/mol. The predicted octanol–water partition coefficient (Wildman–Crippen LogP) is 2.73. The van der Waals surface area contributed by atoms with Gasteiger partial charge >= 0.3 is 0 Å². The quantitative estimate of drug-likeness (QED) is 0.787. The molecular formula is C19H27NO3. The van der Waals surface area contributed by atoms with E-state index in [0.717, 1.165) is 37.9 Å². The molecule has 2 rings (SSSR count). The van der Waals surface area contributed by atoms with E-state index >= 15 is 0 Å². The molecule has 4 heteroatoms. The predicted molar refractivity (Wildman–Crippen MR) is 91.9 cm³/mol. The van der Waals surface area contributed by atoms with Crippen LogP contribution < -0.4 is 0 Å². The van der Waals surface area contributed by atoms with Crippen molar-refractivity contribution in [1.82, 2.24) is 4.90 Å². The first-order chi connectivity index (χ1) is 11.2. The number of carbonyl (C=O) groups excluding carboxylic acids is 1. The van der Waals surface area contributed by atoms with Crippen LogP contribution in [0.1, 0.15) is 31.7 Å². The second kappa shape index (κ2) is 8.85. The molecule has 126 valence electrons. The molecule has 0 unspecified atom stereocenters. The molecule has 4 nitrogen and oxygen atoms in total. The van der Waals surface area contributed by atoms with Crippen molar-refractivity contribution in [1.29, 1.82) is 0 Å². The lowest BCUT2D eigenvalue weighted by molar-refractivity contribution is -0.138. The largest absolute Gasteiger partial charge is 0.396 e. The number of amides is 1. The van der Waals surface area contributed by atoms with Crippen molar-refractivity contribution in [3.8, 4) is 0 Å². The first kappa shape index (κ1) is 17.7. The fourth-order valence-electron chi connectivity index (χ4n) is 2.91. The number of carbonyl (C=O) groups is 1. The number of aliphatic hydroxyl groups is 1. The fraction of sp³-hybridized carbons (Fsp3) is 0.526. The number of hydrogen-bond acceptors (Lipinski definition) is 3. The number of hydrogen-bond donors (Lipinski definition) is 1. The van der Waals surface area contributed by atoms with Crippen molar-refractivity contribution in [2.75, 3.05) is 32.9 Å². The molecule has 1 aromatic rings.